The Morgan fingerprint density at radius 2 is 2.05 bits per heavy atom. The molecule has 0 spiro atoms. The lowest BCUT2D eigenvalue weighted by atomic mass is 9.93. The molecule has 0 radical (unpaired) electrons. The number of anilines is 1. The van der Waals surface area contributed by atoms with Crippen LogP contribution in [-0.4, -0.2) is 17.0 Å². The Kier molecular flexibility index (Phi) is 3.59. The number of carbonyl (C=O) groups is 1. The molecule has 1 aliphatic rings. The summed E-state index contributed by atoms with van der Waals surface area (Å²) in [5, 5.41) is 15.3. The Morgan fingerprint density at radius 3 is 2.58 bits per heavy atom. The van der Waals surface area contributed by atoms with Crippen molar-refractivity contribution in [3.05, 3.63) is 33.9 Å². The smallest absolute Gasteiger partial charge is 0.319 e. The van der Waals surface area contributed by atoms with Crippen molar-refractivity contribution in [2.45, 2.75) is 25.3 Å². The largest absolute Gasteiger partial charge is 0.335 e. The van der Waals surface area contributed by atoms with Gasteiger partial charge in [0.05, 0.1) is 11.0 Å². The van der Waals surface area contributed by atoms with Crippen molar-refractivity contribution in [1.82, 2.24) is 5.32 Å². The van der Waals surface area contributed by atoms with E-state index in [0.29, 0.717) is 12.1 Å². The zero-order valence-electron chi connectivity index (χ0n) is 9.78. The fourth-order valence-corrected chi connectivity index (χ4v) is 1.72. The molecule has 1 saturated carbocycles. The Hall–Kier alpha value is -2.25. The maximum atomic E-state index is 13.5. The van der Waals surface area contributed by atoms with E-state index < -0.39 is 34.0 Å². The molecule has 19 heavy (non-hydrogen) atoms. The van der Waals surface area contributed by atoms with Gasteiger partial charge in [0.15, 0.2) is 11.5 Å². The highest BCUT2D eigenvalue weighted by Crippen LogP contribution is 2.28. The van der Waals surface area contributed by atoms with Gasteiger partial charge in [-0.1, -0.05) is 0 Å². The van der Waals surface area contributed by atoms with Crippen LogP contribution in [0.2, 0.25) is 0 Å². The number of rotatable bonds is 3. The predicted octanol–water partition coefficient (Wildman–Crippen LogP) is 2.55. The van der Waals surface area contributed by atoms with E-state index in [0.717, 1.165) is 19.3 Å². The van der Waals surface area contributed by atoms with Crippen molar-refractivity contribution in [2.75, 3.05) is 5.32 Å². The standard InChI is InChI=1S/C11H11F2N3O3/c12-6-4-8(13)10(9(5-6)16(18)19)15-11(17)14-7-2-1-3-7/h4-5,7H,1-3H2,(H2,14,15,17). The van der Waals surface area contributed by atoms with E-state index in [1.807, 2.05) is 0 Å². The summed E-state index contributed by atoms with van der Waals surface area (Å²) in [6, 6.07) is 0.300. The number of urea groups is 1. The van der Waals surface area contributed by atoms with Gasteiger partial charge in [0.2, 0.25) is 0 Å². The van der Waals surface area contributed by atoms with Crippen LogP contribution in [0, 0.1) is 21.7 Å². The summed E-state index contributed by atoms with van der Waals surface area (Å²) in [5.74, 6) is -2.26. The summed E-state index contributed by atoms with van der Waals surface area (Å²) < 4.78 is 26.4. The molecule has 6 nitrogen and oxygen atoms in total. The quantitative estimate of drug-likeness (QED) is 0.654. The number of nitrogens with one attached hydrogen (secondary N) is 2. The lowest BCUT2D eigenvalue weighted by Crippen LogP contribution is -2.42. The van der Waals surface area contributed by atoms with E-state index in [2.05, 4.69) is 10.6 Å². The summed E-state index contributed by atoms with van der Waals surface area (Å²) in [6.45, 7) is 0. The first kappa shape index (κ1) is 13.2. The normalized spacial score (nSPS) is 14.6. The Labute approximate surface area is 106 Å². The lowest BCUT2D eigenvalue weighted by Gasteiger charge is -2.26. The average molecular weight is 271 g/mol. The van der Waals surface area contributed by atoms with Gasteiger partial charge in [0.1, 0.15) is 5.82 Å². The SMILES string of the molecule is O=C(Nc1c(F)cc(F)cc1[N+](=O)[O-])NC1CCC1. The van der Waals surface area contributed by atoms with Crippen molar-refractivity contribution in [1.29, 1.82) is 0 Å². The number of benzene rings is 1. The molecule has 0 heterocycles. The van der Waals surface area contributed by atoms with Gasteiger partial charge < -0.3 is 5.32 Å². The van der Waals surface area contributed by atoms with Crippen LogP contribution in [0.1, 0.15) is 19.3 Å². The van der Waals surface area contributed by atoms with Gasteiger partial charge in [0, 0.05) is 12.1 Å². The summed E-state index contributed by atoms with van der Waals surface area (Å²) in [7, 11) is 0. The molecule has 1 aromatic rings. The van der Waals surface area contributed by atoms with Crippen molar-refractivity contribution in [2.24, 2.45) is 0 Å². The molecule has 0 aliphatic heterocycles. The fourth-order valence-electron chi connectivity index (χ4n) is 1.72. The molecular weight excluding hydrogens is 260 g/mol. The maximum absolute atomic E-state index is 13.5. The van der Waals surface area contributed by atoms with Crippen LogP contribution in [0.5, 0.6) is 0 Å². The number of halogens is 2. The molecule has 2 amide bonds. The molecule has 8 heteroatoms. The Morgan fingerprint density at radius 1 is 1.37 bits per heavy atom. The first-order valence-corrected chi connectivity index (χ1v) is 5.68. The highest BCUT2D eigenvalue weighted by Gasteiger charge is 2.24. The molecule has 2 rings (SSSR count). The molecule has 0 atom stereocenters. The number of hydrogen-bond donors (Lipinski definition) is 2. The molecule has 1 aromatic carbocycles. The molecule has 0 saturated heterocycles. The van der Waals surface area contributed by atoms with Crippen molar-refractivity contribution >= 4 is 17.4 Å². The highest BCUT2D eigenvalue weighted by molar-refractivity contribution is 5.92. The van der Waals surface area contributed by atoms with Crippen LogP contribution >= 0.6 is 0 Å². The Balaban J connectivity index is 2.18. The first-order chi connectivity index (χ1) is 8.97. The van der Waals surface area contributed by atoms with Gasteiger partial charge in [-0.05, 0) is 19.3 Å². The molecule has 0 bridgehead atoms. The summed E-state index contributed by atoms with van der Waals surface area (Å²) in [4.78, 5) is 21.3. The van der Waals surface area contributed by atoms with Gasteiger partial charge in [-0.2, -0.15) is 0 Å². The number of nitro groups is 1. The van der Waals surface area contributed by atoms with Crippen molar-refractivity contribution < 1.29 is 18.5 Å². The fraction of sp³-hybridized carbons (Fsp3) is 0.364. The van der Waals surface area contributed by atoms with Gasteiger partial charge in [-0.25, -0.2) is 13.6 Å². The van der Waals surface area contributed by atoms with Crippen LogP contribution in [0.3, 0.4) is 0 Å². The predicted molar refractivity (Wildman–Crippen MR) is 62.8 cm³/mol. The summed E-state index contributed by atoms with van der Waals surface area (Å²) >= 11 is 0. The van der Waals surface area contributed by atoms with Crippen LogP contribution in [-0.2, 0) is 0 Å². The summed E-state index contributed by atoms with van der Waals surface area (Å²) in [6.07, 6.45) is 2.64. The van der Waals surface area contributed by atoms with Crippen molar-refractivity contribution in [3.8, 4) is 0 Å². The lowest BCUT2D eigenvalue weighted by molar-refractivity contribution is -0.384. The minimum absolute atomic E-state index is 0.00238. The molecule has 2 N–H and O–H groups in total. The monoisotopic (exact) mass is 271 g/mol. The molecule has 0 aromatic heterocycles. The maximum Gasteiger partial charge on any atom is 0.319 e. The summed E-state index contributed by atoms with van der Waals surface area (Å²) in [5.41, 5.74) is -1.45. The number of nitro benzene ring substituents is 1. The van der Waals surface area contributed by atoms with Crippen LogP contribution in [0.25, 0.3) is 0 Å². The zero-order valence-corrected chi connectivity index (χ0v) is 9.78. The minimum atomic E-state index is -1.18. The van der Waals surface area contributed by atoms with Gasteiger partial charge in [0.25, 0.3) is 5.69 Å². The van der Waals surface area contributed by atoms with Gasteiger partial charge in [-0.3, -0.25) is 15.4 Å². The zero-order chi connectivity index (χ0) is 14.0. The third kappa shape index (κ3) is 2.95. The number of amides is 2. The molecular formula is C11H11F2N3O3. The number of carbonyl (C=O) groups excluding carboxylic acids is 1. The van der Waals surface area contributed by atoms with E-state index in [1.54, 1.807) is 0 Å². The second-order valence-electron chi connectivity index (χ2n) is 4.27. The van der Waals surface area contributed by atoms with E-state index in [-0.39, 0.29) is 6.04 Å². The van der Waals surface area contributed by atoms with Gasteiger partial charge >= 0.3 is 6.03 Å². The van der Waals surface area contributed by atoms with Crippen LogP contribution < -0.4 is 10.6 Å². The Bertz CT molecular complexity index is 532. The highest BCUT2D eigenvalue weighted by atomic mass is 19.1. The number of hydrogen-bond acceptors (Lipinski definition) is 3. The third-order valence-corrected chi connectivity index (χ3v) is 2.91. The van der Waals surface area contributed by atoms with Gasteiger partial charge in [-0.15, -0.1) is 0 Å². The minimum Gasteiger partial charge on any atom is -0.335 e. The van der Waals surface area contributed by atoms with E-state index in [1.165, 1.54) is 0 Å². The van der Waals surface area contributed by atoms with E-state index in [4.69, 9.17) is 0 Å². The van der Waals surface area contributed by atoms with Crippen molar-refractivity contribution in [3.63, 3.8) is 0 Å². The topological polar surface area (TPSA) is 84.3 Å². The second kappa shape index (κ2) is 5.17. The second-order valence-corrected chi connectivity index (χ2v) is 4.27. The van der Waals surface area contributed by atoms with Crippen LogP contribution in [0.15, 0.2) is 12.1 Å². The molecule has 102 valence electrons. The van der Waals surface area contributed by atoms with Crippen LogP contribution in [0.4, 0.5) is 25.0 Å². The average Bonchev–Trinajstić information content (AvgIpc) is 2.26. The molecule has 1 fully saturated rings. The number of nitrogens with zero attached hydrogens (tertiary/aromatic N) is 1. The van der Waals surface area contributed by atoms with E-state index >= 15 is 0 Å². The first-order valence-electron chi connectivity index (χ1n) is 5.68. The van der Waals surface area contributed by atoms with E-state index in [9.17, 15) is 23.7 Å². The molecule has 1 aliphatic carbocycles. The third-order valence-electron chi connectivity index (χ3n) is 2.91. The molecule has 0 unspecified atom stereocenters.